The van der Waals surface area contributed by atoms with Crippen LogP contribution in [0.4, 0.5) is 10.8 Å². The van der Waals surface area contributed by atoms with E-state index in [1.54, 1.807) is 12.3 Å². The number of aromatic nitrogens is 2. The molecule has 0 saturated carbocycles. The molecule has 1 aliphatic heterocycles. The third kappa shape index (κ3) is 7.62. The summed E-state index contributed by atoms with van der Waals surface area (Å²) in [5.74, 6) is -0.232. The number of rotatable bonds is 10. The van der Waals surface area contributed by atoms with Crippen molar-refractivity contribution in [2.45, 2.75) is 32.2 Å². The summed E-state index contributed by atoms with van der Waals surface area (Å²) in [6, 6.07) is 32.1. The highest BCUT2D eigenvalue weighted by Gasteiger charge is 2.50. The van der Waals surface area contributed by atoms with Gasteiger partial charge in [0.15, 0.2) is 5.13 Å². The summed E-state index contributed by atoms with van der Waals surface area (Å²) in [6.45, 7) is 9.67. The zero-order valence-electron chi connectivity index (χ0n) is 27.9. The lowest BCUT2D eigenvalue weighted by Crippen LogP contribution is -2.66. The van der Waals surface area contributed by atoms with Crippen LogP contribution in [-0.2, 0) is 9.22 Å². The normalized spacial score (nSPS) is 13.7. The number of thiazole rings is 1. The van der Waals surface area contributed by atoms with Crippen LogP contribution in [0, 0.1) is 0 Å². The number of nitrogens with one attached hydrogen (secondary N) is 1. The number of anilines is 2. The Hall–Kier alpha value is -4.35. The summed E-state index contributed by atoms with van der Waals surface area (Å²) < 4.78 is 6.94. The van der Waals surface area contributed by atoms with Crippen LogP contribution in [0.25, 0.3) is 11.3 Å². The minimum absolute atomic E-state index is 0.0996. The first-order chi connectivity index (χ1) is 23.7. The molecular weight excluding hydrogens is 670 g/mol. The van der Waals surface area contributed by atoms with Crippen molar-refractivity contribution in [2.75, 3.05) is 43.0 Å². The van der Waals surface area contributed by atoms with Crippen LogP contribution in [0.5, 0.6) is 0 Å². The van der Waals surface area contributed by atoms with Crippen molar-refractivity contribution >= 4 is 64.3 Å². The molecule has 11 heteroatoms. The number of piperazine rings is 1. The molecule has 0 bridgehead atoms. The number of benzene rings is 3. The molecular formula is C38H40ClN5O3SSi. The lowest BCUT2D eigenvalue weighted by Gasteiger charge is -2.43. The summed E-state index contributed by atoms with van der Waals surface area (Å²) in [7, 11) is -2.69. The molecule has 2 amide bonds. The third-order valence-electron chi connectivity index (χ3n) is 8.90. The van der Waals surface area contributed by atoms with Gasteiger partial charge in [0.1, 0.15) is 5.69 Å². The number of carbonyl (C=O) groups excluding carboxylic acids is 2. The van der Waals surface area contributed by atoms with Gasteiger partial charge in [-0.15, -0.1) is 11.3 Å². The van der Waals surface area contributed by atoms with Crippen molar-refractivity contribution in [3.05, 3.63) is 119 Å². The number of hydrogen-bond donors (Lipinski definition) is 1. The van der Waals surface area contributed by atoms with Gasteiger partial charge in [0.05, 0.1) is 17.6 Å². The Kier molecular flexibility index (Phi) is 10.6. The summed E-state index contributed by atoms with van der Waals surface area (Å²) in [5, 5.41) is 8.05. The van der Waals surface area contributed by atoms with Gasteiger partial charge < -0.3 is 14.2 Å². The fraction of sp³-hybridized carbons (Fsp3) is 0.263. The van der Waals surface area contributed by atoms with E-state index in [1.807, 2.05) is 52.7 Å². The zero-order valence-corrected chi connectivity index (χ0v) is 30.5. The average Bonchev–Trinajstić information content (AvgIpc) is 3.58. The molecule has 252 valence electrons. The van der Waals surface area contributed by atoms with E-state index in [1.165, 1.54) is 21.7 Å². The van der Waals surface area contributed by atoms with Gasteiger partial charge in [-0.25, -0.2) is 9.97 Å². The average molecular weight is 710 g/mol. The van der Waals surface area contributed by atoms with Gasteiger partial charge in [0, 0.05) is 55.2 Å². The molecule has 49 heavy (non-hydrogen) atoms. The fourth-order valence-corrected chi connectivity index (χ4v) is 11.9. The Morgan fingerprint density at radius 3 is 2.10 bits per heavy atom. The number of amides is 2. The second-order valence-corrected chi connectivity index (χ2v) is 18.6. The van der Waals surface area contributed by atoms with E-state index in [2.05, 4.69) is 89.5 Å². The molecule has 0 unspecified atom stereocenters. The Morgan fingerprint density at radius 2 is 1.51 bits per heavy atom. The lowest BCUT2D eigenvalue weighted by atomic mass is 10.2. The maximum absolute atomic E-state index is 13.4. The van der Waals surface area contributed by atoms with Gasteiger partial charge >= 0.3 is 0 Å². The highest BCUT2D eigenvalue weighted by atomic mass is 35.5. The van der Waals surface area contributed by atoms with E-state index >= 15 is 0 Å². The maximum Gasteiger partial charge on any atom is 0.276 e. The molecule has 0 spiro atoms. The molecule has 1 saturated heterocycles. The van der Waals surface area contributed by atoms with E-state index in [0.29, 0.717) is 60.7 Å². The lowest BCUT2D eigenvalue weighted by molar-refractivity contribution is -0.132. The predicted molar refractivity (Wildman–Crippen MR) is 202 cm³/mol. The topological polar surface area (TPSA) is 87.7 Å². The standard InChI is InChI=1S/C38H40ClN5O3SSi/c1-38(2,3)49(29-12-6-4-7-13-29,30-14-8-5-9-15-30)47-25-20-35(45)44-23-21-43(22-24-44)28-18-19-33(40-26-28)36(46)42-37-41-34(27-48-37)31-16-10-11-17-32(31)39/h4-19,26-27H,20-25H2,1-3H3,(H,41,42,46). The largest absolute Gasteiger partial charge is 0.407 e. The van der Waals surface area contributed by atoms with Crippen LogP contribution in [0.2, 0.25) is 10.1 Å². The van der Waals surface area contributed by atoms with Gasteiger partial charge in [-0.3, -0.25) is 14.9 Å². The van der Waals surface area contributed by atoms with Crippen LogP contribution >= 0.6 is 22.9 Å². The van der Waals surface area contributed by atoms with Crippen LogP contribution < -0.4 is 20.6 Å². The van der Waals surface area contributed by atoms with Crippen molar-refractivity contribution in [1.29, 1.82) is 0 Å². The molecule has 3 aromatic carbocycles. The first-order valence-electron chi connectivity index (χ1n) is 16.4. The minimum atomic E-state index is -2.69. The van der Waals surface area contributed by atoms with Gasteiger partial charge in [-0.05, 0) is 33.6 Å². The summed E-state index contributed by atoms with van der Waals surface area (Å²) in [5.41, 5.74) is 2.73. The quantitative estimate of drug-likeness (QED) is 0.162. The second kappa shape index (κ2) is 15.0. The van der Waals surface area contributed by atoms with Crippen molar-refractivity contribution in [2.24, 2.45) is 0 Å². The Balaban J connectivity index is 1.02. The molecule has 0 atom stereocenters. The van der Waals surface area contributed by atoms with Crippen molar-refractivity contribution < 1.29 is 14.0 Å². The highest BCUT2D eigenvalue weighted by molar-refractivity contribution is 7.14. The summed E-state index contributed by atoms with van der Waals surface area (Å²) in [4.78, 5) is 39.3. The number of carbonyl (C=O) groups is 2. The summed E-state index contributed by atoms with van der Waals surface area (Å²) in [6.07, 6.45) is 2.04. The first kappa shape index (κ1) is 34.5. The van der Waals surface area contributed by atoms with Crippen LogP contribution in [0.15, 0.2) is 109 Å². The Labute approximate surface area is 297 Å². The van der Waals surface area contributed by atoms with Crippen molar-refractivity contribution in [1.82, 2.24) is 14.9 Å². The number of hydrogen-bond acceptors (Lipinski definition) is 7. The number of halogens is 1. The Bertz CT molecular complexity index is 1840. The van der Waals surface area contributed by atoms with Crippen molar-refractivity contribution in [3.8, 4) is 11.3 Å². The van der Waals surface area contributed by atoms with Gasteiger partial charge in [0.25, 0.3) is 14.2 Å². The molecule has 1 aliphatic rings. The molecule has 8 nitrogen and oxygen atoms in total. The molecule has 5 aromatic rings. The van der Waals surface area contributed by atoms with Crippen LogP contribution in [-0.4, -0.2) is 67.8 Å². The van der Waals surface area contributed by atoms with Gasteiger partial charge in [-0.1, -0.05) is 111 Å². The molecule has 0 aliphatic carbocycles. The van der Waals surface area contributed by atoms with E-state index in [4.69, 9.17) is 16.0 Å². The molecule has 2 aromatic heterocycles. The minimum Gasteiger partial charge on any atom is -0.407 e. The smallest absolute Gasteiger partial charge is 0.276 e. The fourth-order valence-electron chi connectivity index (χ4n) is 6.42. The second-order valence-electron chi connectivity index (χ2n) is 13.0. The molecule has 1 N–H and O–H groups in total. The van der Waals surface area contributed by atoms with Crippen molar-refractivity contribution in [3.63, 3.8) is 0 Å². The van der Waals surface area contributed by atoms with E-state index in [0.717, 1.165) is 11.3 Å². The number of pyridine rings is 1. The predicted octanol–water partition coefficient (Wildman–Crippen LogP) is 6.73. The third-order valence-corrected chi connectivity index (χ3v) is 15.0. The van der Waals surface area contributed by atoms with E-state index in [-0.39, 0.29) is 16.9 Å². The Morgan fingerprint density at radius 1 is 0.878 bits per heavy atom. The van der Waals surface area contributed by atoms with Gasteiger partial charge in [0.2, 0.25) is 5.91 Å². The first-order valence-corrected chi connectivity index (χ1v) is 19.6. The number of nitrogens with zero attached hydrogens (tertiary/aromatic N) is 4. The molecule has 3 heterocycles. The SMILES string of the molecule is CC(C)(C)[Si](OCCC(=O)N1CCN(c2ccc(C(=O)Nc3nc(-c4ccccc4Cl)cs3)nc2)CC1)(c1ccccc1)c1ccccc1. The maximum atomic E-state index is 13.4. The van der Waals surface area contributed by atoms with E-state index in [9.17, 15) is 9.59 Å². The molecule has 1 fully saturated rings. The summed E-state index contributed by atoms with van der Waals surface area (Å²) >= 11 is 7.63. The molecule has 0 radical (unpaired) electrons. The van der Waals surface area contributed by atoms with Crippen LogP contribution in [0.1, 0.15) is 37.7 Å². The monoisotopic (exact) mass is 709 g/mol. The van der Waals surface area contributed by atoms with Crippen LogP contribution in [0.3, 0.4) is 0 Å². The highest BCUT2D eigenvalue weighted by Crippen LogP contribution is 2.37. The van der Waals surface area contributed by atoms with Gasteiger partial charge in [-0.2, -0.15) is 0 Å². The molecule has 6 rings (SSSR count). The zero-order chi connectivity index (χ0) is 34.4. The van der Waals surface area contributed by atoms with E-state index < -0.39 is 8.32 Å².